The normalized spacial score (nSPS) is 18.2. The smallest absolute Gasteiger partial charge is 0.333 e. The number of hydrogen-bond acceptors (Lipinski definition) is 7. The Morgan fingerprint density at radius 2 is 1.88 bits per heavy atom. The Morgan fingerprint density at radius 1 is 1.19 bits per heavy atom. The monoisotopic (exact) mass is 464 g/mol. The number of thioether (sulfide) groups is 1. The van der Waals surface area contributed by atoms with Crippen molar-refractivity contribution >= 4 is 35.5 Å². The molecule has 2 aliphatic heterocycles. The number of likely N-dealkylation sites (tertiary alicyclic amines) is 1. The molecule has 0 unspecified atom stereocenters. The third-order valence-electron chi connectivity index (χ3n) is 5.33. The van der Waals surface area contributed by atoms with Gasteiger partial charge in [-0.1, -0.05) is 11.8 Å². The van der Waals surface area contributed by atoms with Crippen molar-refractivity contribution in [1.82, 2.24) is 9.80 Å². The predicted molar refractivity (Wildman–Crippen MR) is 115 cm³/mol. The van der Waals surface area contributed by atoms with Crippen molar-refractivity contribution in [1.29, 1.82) is 0 Å². The largest absolute Gasteiger partial charge is 0.466 e. The van der Waals surface area contributed by atoms with E-state index < -0.39 is 11.8 Å². The first-order valence-corrected chi connectivity index (χ1v) is 11.3. The minimum absolute atomic E-state index is 0.102. The maximum Gasteiger partial charge on any atom is 0.333 e. The first-order valence-electron chi connectivity index (χ1n) is 10.3. The van der Waals surface area contributed by atoms with Crippen molar-refractivity contribution in [2.24, 2.45) is 5.92 Å². The van der Waals surface area contributed by atoms with Gasteiger partial charge in [-0.05, 0) is 43.5 Å². The van der Waals surface area contributed by atoms with Gasteiger partial charge in [-0.25, -0.2) is 9.18 Å². The molecule has 2 heterocycles. The highest BCUT2D eigenvalue weighted by molar-refractivity contribution is 8.04. The molecule has 2 fully saturated rings. The van der Waals surface area contributed by atoms with Crippen molar-refractivity contribution in [2.45, 2.75) is 19.3 Å². The lowest BCUT2D eigenvalue weighted by Gasteiger charge is -2.31. The molecular weight excluding hydrogens is 439 g/mol. The van der Waals surface area contributed by atoms with Gasteiger partial charge in [0.1, 0.15) is 5.82 Å². The lowest BCUT2D eigenvalue weighted by molar-refractivity contribution is -0.150. The molecule has 2 aliphatic rings. The van der Waals surface area contributed by atoms with E-state index in [9.17, 15) is 23.6 Å². The maximum absolute atomic E-state index is 13.0. The van der Waals surface area contributed by atoms with E-state index in [1.165, 1.54) is 54.1 Å². The molecule has 8 nitrogen and oxygen atoms in total. The lowest BCUT2D eigenvalue weighted by Crippen LogP contribution is -2.40. The van der Waals surface area contributed by atoms with Crippen molar-refractivity contribution in [3.8, 4) is 0 Å². The Balaban J connectivity index is 1.39. The number of benzene rings is 1. The van der Waals surface area contributed by atoms with Crippen molar-refractivity contribution < 1.29 is 33.0 Å². The summed E-state index contributed by atoms with van der Waals surface area (Å²) < 4.78 is 23.0. The minimum Gasteiger partial charge on any atom is -0.466 e. The second-order valence-corrected chi connectivity index (χ2v) is 8.43. The number of rotatable bonds is 7. The van der Waals surface area contributed by atoms with Gasteiger partial charge in [0.2, 0.25) is 5.91 Å². The molecule has 0 radical (unpaired) electrons. The quantitative estimate of drug-likeness (QED) is 0.347. The summed E-state index contributed by atoms with van der Waals surface area (Å²) in [5.74, 6) is -1.54. The van der Waals surface area contributed by atoms with Gasteiger partial charge in [0.15, 0.2) is 0 Å². The molecule has 0 saturated carbocycles. The van der Waals surface area contributed by atoms with E-state index in [1.54, 1.807) is 4.90 Å². The van der Waals surface area contributed by atoms with Crippen LogP contribution in [0.3, 0.4) is 0 Å². The molecule has 10 heteroatoms. The maximum atomic E-state index is 13.0. The number of halogens is 1. The standard InChI is InChI=1S/C22H25FN2O6S/c1-30-20(27)13-19-25(18(26)14-32-19)9-2-12-31-22(29)16-7-10-24(11-8-16)21(28)15-3-5-17(23)6-4-15/h3-6,13,16H,2,7-12,14H2,1H3/b19-13+. The van der Waals surface area contributed by atoms with Gasteiger partial charge in [0.05, 0.1) is 36.5 Å². The summed E-state index contributed by atoms with van der Waals surface area (Å²) in [5, 5.41) is 0.534. The fourth-order valence-electron chi connectivity index (χ4n) is 3.54. The molecule has 1 aromatic rings. The molecule has 0 aliphatic carbocycles. The van der Waals surface area contributed by atoms with E-state index in [0.29, 0.717) is 49.5 Å². The zero-order chi connectivity index (χ0) is 23.1. The van der Waals surface area contributed by atoms with Crippen LogP contribution in [0.4, 0.5) is 4.39 Å². The molecule has 32 heavy (non-hydrogen) atoms. The number of amides is 2. The molecule has 1 aromatic carbocycles. The lowest BCUT2D eigenvalue weighted by atomic mass is 9.96. The van der Waals surface area contributed by atoms with E-state index in [-0.39, 0.29) is 36.1 Å². The van der Waals surface area contributed by atoms with E-state index in [4.69, 9.17) is 4.74 Å². The Bertz CT molecular complexity index is 896. The van der Waals surface area contributed by atoms with Crippen molar-refractivity contribution in [3.05, 3.63) is 46.8 Å². The summed E-state index contributed by atoms with van der Waals surface area (Å²) in [6, 6.07) is 5.40. The molecule has 0 atom stereocenters. The van der Waals surface area contributed by atoms with Crippen LogP contribution >= 0.6 is 11.8 Å². The molecule has 0 spiro atoms. The summed E-state index contributed by atoms with van der Waals surface area (Å²) in [6.07, 6.45) is 2.72. The van der Waals surface area contributed by atoms with Crippen molar-refractivity contribution in [3.63, 3.8) is 0 Å². The minimum atomic E-state index is -0.525. The third kappa shape index (κ3) is 6.09. The second-order valence-electron chi connectivity index (χ2n) is 7.43. The number of carbonyl (C=O) groups is 4. The van der Waals surface area contributed by atoms with Gasteiger partial charge in [-0.2, -0.15) is 0 Å². The van der Waals surface area contributed by atoms with Crippen LogP contribution in [0.5, 0.6) is 0 Å². The molecule has 0 aromatic heterocycles. The highest BCUT2D eigenvalue weighted by Crippen LogP contribution is 2.29. The Hall–Kier alpha value is -2.88. The summed E-state index contributed by atoms with van der Waals surface area (Å²) in [5.41, 5.74) is 0.419. The molecule has 0 N–H and O–H groups in total. The fourth-order valence-corrected chi connectivity index (χ4v) is 4.49. The van der Waals surface area contributed by atoms with Gasteiger partial charge in [-0.3, -0.25) is 14.4 Å². The highest BCUT2D eigenvalue weighted by Gasteiger charge is 2.30. The van der Waals surface area contributed by atoms with Gasteiger partial charge in [-0.15, -0.1) is 0 Å². The van der Waals surface area contributed by atoms with E-state index in [2.05, 4.69) is 4.74 Å². The van der Waals surface area contributed by atoms with E-state index in [1.807, 2.05) is 0 Å². The van der Waals surface area contributed by atoms with Crippen LogP contribution in [0, 0.1) is 11.7 Å². The fraction of sp³-hybridized carbons (Fsp3) is 0.455. The first-order chi connectivity index (χ1) is 15.4. The number of carbonyl (C=O) groups excluding carboxylic acids is 4. The van der Waals surface area contributed by atoms with Crippen LogP contribution in [-0.4, -0.2) is 72.7 Å². The number of esters is 2. The van der Waals surface area contributed by atoms with Crippen LogP contribution in [-0.2, 0) is 23.9 Å². The molecule has 0 bridgehead atoms. The Labute approximate surface area is 189 Å². The zero-order valence-corrected chi connectivity index (χ0v) is 18.6. The van der Waals surface area contributed by atoms with Gasteiger partial charge < -0.3 is 19.3 Å². The van der Waals surface area contributed by atoms with Crippen LogP contribution in [0.25, 0.3) is 0 Å². The zero-order valence-electron chi connectivity index (χ0n) is 17.8. The SMILES string of the molecule is COC(=O)/C=C1/SCC(=O)N1CCCOC(=O)C1CCN(C(=O)c2ccc(F)cc2)CC1. The van der Waals surface area contributed by atoms with Gasteiger partial charge in [0, 0.05) is 25.2 Å². The molecule has 3 rings (SSSR count). The van der Waals surface area contributed by atoms with E-state index in [0.717, 1.165) is 0 Å². The predicted octanol–water partition coefficient (Wildman–Crippen LogP) is 2.20. The summed E-state index contributed by atoms with van der Waals surface area (Å²) >= 11 is 1.27. The topological polar surface area (TPSA) is 93.2 Å². The Morgan fingerprint density at radius 3 is 2.53 bits per heavy atom. The van der Waals surface area contributed by atoms with Gasteiger partial charge >= 0.3 is 11.9 Å². The molecule has 2 amide bonds. The van der Waals surface area contributed by atoms with Crippen LogP contribution in [0.2, 0.25) is 0 Å². The number of nitrogens with zero attached hydrogens (tertiary/aromatic N) is 2. The van der Waals surface area contributed by atoms with Gasteiger partial charge in [0.25, 0.3) is 5.91 Å². The third-order valence-corrected chi connectivity index (χ3v) is 6.36. The number of piperidine rings is 1. The van der Waals surface area contributed by atoms with Crippen LogP contribution in [0.15, 0.2) is 35.4 Å². The summed E-state index contributed by atoms with van der Waals surface area (Å²) in [4.78, 5) is 51.4. The number of ether oxygens (including phenoxy) is 2. The highest BCUT2D eigenvalue weighted by atomic mass is 32.2. The summed E-state index contributed by atoms with van der Waals surface area (Å²) in [6.45, 7) is 1.36. The number of hydrogen-bond donors (Lipinski definition) is 0. The first kappa shape index (κ1) is 23.8. The molecular formula is C22H25FN2O6S. The average Bonchev–Trinajstić information content (AvgIpc) is 3.15. The Kier molecular flexibility index (Phi) is 8.26. The molecule has 172 valence electrons. The summed E-state index contributed by atoms with van der Waals surface area (Å²) in [7, 11) is 1.27. The van der Waals surface area contributed by atoms with Crippen molar-refractivity contribution in [2.75, 3.05) is 39.1 Å². The van der Waals surface area contributed by atoms with Crippen LogP contribution < -0.4 is 0 Å². The average molecular weight is 465 g/mol. The van der Waals surface area contributed by atoms with E-state index >= 15 is 0 Å². The molecule has 2 saturated heterocycles. The van der Waals surface area contributed by atoms with Crippen LogP contribution in [0.1, 0.15) is 29.6 Å². The second kappa shape index (κ2) is 11.1. The number of methoxy groups -OCH3 is 1.